The largest absolute Gasteiger partial charge is 0.491 e. The van der Waals surface area contributed by atoms with Gasteiger partial charge in [0.2, 0.25) is 0 Å². The van der Waals surface area contributed by atoms with Crippen molar-refractivity contribution in [1.29, 1.82) is 0 Å². The van der Waals surface area contributed by atoms with Gasteiger partial charge in [-0.3, -0.25) is 0 Å². The number of hydrogen-bond acceptors (Lipinski definition) is 3. The van der Waals surface area contributed by atoms with E-state index < -0.39 is 0 Å². The average molecular weight is 271 g/mol. The molecule has 0 saturated carbocycles. The van der Waals surface area contributed by atoms with Gasteiger partial charge in [0.15, 0.2) is 0 Å². The molecule has 0 aromatic heterocycles. The lowest BCUT2D eigenvalue weighted by atomic mass is 10.2. The van der Waals surface area contributed by atoms with E-state index >= 15 is 0 Å². The minimum Gasteiger partial charge on any atom is -0.491 e. The van der Waals surface area contributed by atoms with E-state index in [9.17, 15) is 0 Å². The molecule has 2 aromatic rings. The number of ether oxygens (including phenoxy) is 2. The Labute approximate surface area is 120 Å². The van der Waals surface area contributed by atoms with Crippen LogP contribution in [0, 0.1) is 6.92 Å². The summed E-state index contributed by atoms with van der Waals surface area (Å²) in [6, 6.07) is 16.5. The summed E-state index contributed by atoms with van der Waals surface area (Å²) in [5, 5.41) is 3.40. The minimum absolute atomic E-state index is 0.581. The third kappa shape index (κ3) is 4.59. The molecular weight excluding hydrogens is 250 g/mol. The van der Waals surface area contributed by atoms with Crippen LogP contribution in [0.4, 0.5) is 5.69 Å². The highest BCUT2D eigenvalue weighted by Crippen LogP contribution is 2.14. The summed E-state index contributed by atoms with van der Waals surface area (Å²) >= 11 is 0. The molecule has 0 heterocycles. The number of aryl methyl sites for hydroxylation is 1. The minimum atomic E-state index is 0.581. The van der Waals surface area contributed by atoms with Crippen molar-refractivity contribution in [2.45, 2.75) is 13.5 Å². The fourth-order valence-corrected chi connectivity index (χ4v) is 1.82. The molecule has 2 rings (SSSR count). The Bertz CT molecular complexity index is 506. The van der Waals surface area contributed by atoms with Crippen LogP contribution in [0.5, 0.6) is 5.75 Å². The van der Waals surface area contributed by atoms with Gasteiger partial charge in [0, 0.05) is 19.3 Å². The van der Waals surface area contributed by atoms with Crippen LogP contribution in [-0.2, 0) is 11.3 Å². The highest BCUT2D eigenvalue weighted by Gasteiger charge is 1.97. The van der Waals surface area contributed by atoms with Crippen molar-refractivity contribution in [2.75, 3.05) is 25.6 Å². The lowest BCUT2D eigenvalue weighted by Gasteiger charge is -2.09. The molecule has 1 N–H and O–H groups in total. The third-order valence-electron chi connectivity index (χ3n) is 3.03. The molecule has 3 heteroatoms. The lowest BCUT2D eigenvalue weighted by molar-refractivity contribution is 0.146. The van der Waals surface area contributed by atoms with Crippen molar-refractivity contribution >= 4 is 5.69 Å². The van der Waals surface area contributed by atoms with E-state index in [1.807, 2.05) is 12.1 Å². The van der Waals surface area contributed by atoms with E-state index in [-0.39, 0.29) is 0 Å². The van der Waals surface area contributed by atoms with Gasteiger partial charge in [-0.15, -0.1) is 0 Å². The monoisotopic (exact) mass is 271 g/mol. The summed E-state index contributed by atoms with van der Waals surface area (Å²) in [5.74, 6) is 0.876. The summed E-state index contributed by atoms with van der Waals surface area (Å²) in [4.78, 5) is 0. The van der Waals surface area contributed by atoms with E-state index in [1.165, 1.54) is 11.1 Å². The fourth-order valence-electron chi connectivity index (χ4n) is 1.82. The summed E-state index contributed by atoms with van der Waals surface area (Å²) in [6.45, 7) is 4.09. The topological polar surface area (TPSA) is 30.5 Å². The first-order valence-electron chi connectivity index (χ1n) is 6.79. The zero-order valence-electron chi connectivity index (χ0n) is 12.1. The Balaban J connectivity index is 1.82. The number of benzene rings is 2. The Morgan fingerprint density at radius 2 is 1.60 bits per heavy atom. The van der Waals surface area contributed by atoms with Crippen LogP contribution in [0.15, 0.2) is 48.5 Å². The highest BCUT2D eigenvalue weighted by molar-refractivity contribution is 5.45. The van der Waals surface area contributed by atoms with Crippen molar-refractivity contribution < 1.29 is 9.47 Å². The van der Waals surface area contributed by atoms with Gasteiger partial charge < -0.3 is 14.8 Å². The molecule has 0 atom stereocenters. The van der Waals surface area contributed by atoms with Gasteiger partial charge in [-0.2, -0.15) is 0 Å². The summed E-state index contributed by atoms with van der Waals surface area (Å²) < 4.78 is 10.5. The van der Waals surface area contributed by atoms with Crippen molar-refractivity contribution in [3.63, 3.8) is 0 Å². The Hall–Kier alpha value is -2.00. The Morgan fingerprint density at radius 1 is 0.900 bits per heavy atom. The maximum atomic E-state index is 5.53. The van der Waals surface area contributed by atoms with Crippen molar-refractivity contribution in [3.8, 4) is 5.75 Å². The van der Waals surface area contributed by atoms with Gasteiger partial charge in [0.05, 0.1) is 6.61 Å². The molecule has 20 heavy (non-hydrogen) atoms. The molecule has 2 aromatic carbocycles. The normalized spacial score (nSPS) is 10.3. The van der Waals surface area contributed by atoms with Gasteiger partial charge in [-0.25, -0.2) is 0 Å². The van der Waals surface area contributed by atoms with Crippen LogP contribution < -0.4 is 10.1 Å². The predicted molar refractivity (Wildman–Crippen MR) is 82.3 cm³/mol. The van der Waals surface area contributed by atoms with E-state index in [1.54, 1.807) is 7.11 Å². The van der Waals surface area contributed by atoms with Crippen molar-refractivity contribution in [3.05, 3.63) is 59.7 Å². The van der Waals surface area contributed by atoms with Crippen molar-refractivity contribution in [1.82, 2.24) is 0 Å². The quantitative estimate of drug-likeness (QED) is 0.780. The molecule has 0 unspecified atom stereocenters. The molecular formula is C17H21NO2. The maximum Gasteiger partial charge on any atom is 0.119 e. The van der Waals surface area contributed by atoms with Crippen molar-refractivity contribution in [2.24, 2.45) is 0 Å². The van der Waals surface area contributed by atoms with Gasteiger partial charge in [0.25, 0.3) is 0 Å². The number of methoxy groups -OCH3 is 1. The molecule has 0 bridgehead atoms. The van der Waals surface area contributed by atoms with E-state index in [0.29, 0.717) is 13.2 Å². The highest BCUT2D eigenvalue weighted by atomic mass is 16.5. The SMILES string of the molecule is COCCOc1ccc(CNc2ccc(C)cc2)cc1. The number of hydrogen-bond donors (Lipinski definition) is 1. The van der Waals surface area contributed by atoms with Crippen LogP contribution in [0.25, 0.3) is 0 Å². The number of rotatable bonds is 7. The van der Waals surface area contributed by atoms with Crippen LogP contribution >= 0.6 is 0 Å². The van der Waals surface area contributed by atoms with E-state index in [2.05, 4.69) is 48.6 Å². The lowest BCUT2D eigenvalue weighted by Crippen LogP contribution is -2.04. The van der Waals surface area contributed by atoms with Gasteiger partial charge in [0.1, 0.15) is 12.4 Å². The zero-order valence-corrected chi connectivity index (χ0v) is 12.1. The van der Waals surface area contributed by atoms with Crippen LogP contribution in [-0.4, -0.2) is 20.3 Å². The molecule has 0 radical (unpaired) electrons. The molecule has 0 amide bonds. The van der Waals surface area contributed by atoms with Crippen LogP contribution in [0.3, 0.4) is 0 Å². The first-order valence-corrected chi connectivity index (χ1v) is 6.79. The second kappa shape index (κ2) is 7.56. The molecule has 0 fully saturated rings. The molecule has 0 aliphatic heterocycles. The maximum absolute atomic E-state index is 5.53. The van der Waals surface area contributed by atoms with Crippen LogP contribution in [0.2, 0.25) is 0 Å². The van der Waals surface area contributed by atoms with Gasteiger partial charge in [-0.05, 0) is 36.8 Å². The summed E-state index contributed by atoms with van der Waals surface area (Å²) in [7, 11) is 1.67. The summed E-state index contributed by atoms with van der Waals surface area (Å²) in [6.07, 6.45) is 0. The van der Waals surface area contributed by atoms with E-state index in [4.69, 9.17) is 9.47 Å². The van der Waals surface area contributed by atoms with E-state index in [0.717, 1.165) is 18.0 Å². The number of nitrogens with one attached hydrogen (secondary N) is 1. The number of anilines is 1. The molecule has 106 valence electrons. The standard InChI is InChI=1S/C17H21NO2/c1-14-3-7-16(8-4-14)18-13-15-5-9-17(10-6-15)20-12-11-19-2/h3-10,18H,11-13H2,1-2H3. The summed E-state index contributed by atoms with van der Waals surface area (Å²) in [5.41, 5.74) is 3.63. The fraction of sp³-hybridized carbons (Fsp3) is 0.294. The second-order valence-corrected chi connectivity index (χ2v) is 4.70. The first kappa shape index (κ1) is 14.4. The smallest absolute Gasteiger partial charge is 0.119 e. The predicted octanol–water partition coefficient (Wildman–Crippen LogP) is 3.63. The van der Waals surface area contributed by atoms with Gasteiger partial charge >= 0.3 is 0 Å². The van der Waals surface area contributed by atoms with Gasteiger partial charge in [-0.1, -0.05) is 29.8 Å². The molecule has 0 saturated heterocycles. The molecule has 0 spiro atoms. The third-order valence-corrected chi connectivity index (χ3v) is 3.03. The second-order valence-electron chi connectivity index (χ2n) is 4.70. The molecule has 0 aliphatic rings. The Morgan fingerprint density at radius 3 is 2.25 bits per heavy atom. The molecule has 0 aliphatic carbocycles. The average Bonchev–Trinajstić information content (AvgIpc) is 2.48. The Kier molecular flexibility index (Phi) is 5.44. The zero-order chi connectivity index (χ0) is 14.2. The molecule has 3 nitrogen and oxygen atoms in total. The first-order chi connectivity index (χ1) is 9.78. The van der Waals surface area contributed by atoms with Crippen LogP contribution in [0.1, 0.15) is 11.1 Å².